The summed E-state index contributed by atoms with van der Waals surface area (Å²) in [4.78, 5) is 16.3. The summed E-state index contributed by atoms with van der Waals surface area (Å²) in [5.41, 5.74) is 4.36. The molecule has 0 saturated carbocycles. The van der Waals surface area contributed by atoms with Crippen molar-refractivity contribution in [3.8, 4) is 0 Å². The summed E-state index contributed by atoms with van der Waals surface area (Å²) < 4.78 is 0. The highest BCUT2D eigenvalue weighted by Crippen LogP contribution is 2.32. The van der Waals surface area contributed by atoms with Crippen molar-refractivity contribution in [2.75, 3.05) is 11.9 Å². The largest absolute Gasteiger partial charge is 0.309 e. The lowest BCUT2D eigenvalue weighted by Crippen LogP contribution is -2.23. The van der Waals surface area contributed by atoms with Crippen molar-refractivity contribution in [2.45, 2.75) is 39.3 Å². The standard InChI is InChI=1S/C22H25N5/c1-16-14-17(2)24-22(23-16)26-21-12-6-10-19(25-21)20-11-7-13-27(20)15-18-8-4-3-5-9-18/h3-6,8-10,12,14,20H,7,11,13,15H2,1-2H3,(H,23,24,25,26). The second-order valence-corrected chi connectivity index (χ2v) is 7.16. The van der Waals surface area contributed by atoms with E-state index in [1.54, 1.807) is 0 Å². The maximum Gasteiger partial charge on any atom is 0.228 e. The van der Waals surface area contributed by atoms with Crippen LogP contribution in [-0.4, -0.2) is 26.4 Å². The number of nitrogens with zero attached hydrogens (tertiary/aromatic N) is 4. The van der Waals surface area contributed by atoms with Gasteiger partial charge in [0.05, 0.1) is 11.7 Å². The van der Waals surface area contributed by atoms with Gasteiger partial charge in [0.1, 0.15) is 5.82 Å². The number of aryl methyl sites for hydroxylation is 2. The average Bonchev–Trinajstić information content (AvgIpc) is 3.10. The van der Waals surface area contributed by atoms with Crippen molar-refractivity contribution in [1.82, 2.24) is 19.9 Å². The first-order valence-electron chi connectivity index (χ1n) is 9.51. The van der Waals surface area contributed by atoms with Gasteiger partial charge in [0.25, 0.3) is 0 Å². The number of likely N-dealkylation sites (tertiary alicyclic amines) is 1. The topological polar surface area (TPSA) is 53.9 Å². The van der Waals surface area contributed by atoms with E-state index in [-0.39, 0.29) is 0 Å². The van der Waals surface area contributed by atoms with Crippen LogP contribution in [0.2, 0.25) is 0 Å². The number of pyridine rings is 1. The highest BCUT2D eigenvalue weighted by molar-refractivity contribution is 5.48. The predicted octanol–water partition coefficient (Wildman–Crippen LogP) is 4.57. The Balaban J connectivity index is 1.52. The van der Waals surface area contributed by atoms with Gasteiger partial charge in [0, 0.05) is 17.9 Å². The maximum absolute atomic E-state index is 4.87. The van der Waals surface area contributed by atoms with Gasteiger partial charge < -0.3 is 5.32 Å². The Morgan fingerprint density at radius 1 is 0.963 bits per heavy atom. The van der Waals surface area contributed by atoms with Gasteiger partial charge in [-0.05, 0) is 57.0 Å². The lowest BCUT2D eigenvalue weighted by molar-refractivity contribution is 0.244. The van der Waals surface area contributed by atoms with Crippen molar-refractivity contribution < 1.29 is 0 Å². The molecule has 5 nitrogen and oxygen atoms in total. The van der Waals surface area contributed by atoms with Crippen LogP contribution in [0.3, 0.4) is 0 Å². The molecule has 2 aromatic heterocycles. The van der Waals surface area contributed by atoms with E-state index in [1.165, 1.54) is 12.0 Å². The summed E-state index contributed by atoms with van der Waals surface area (Å²) in [6.45, 7) is 6.03. The number of aromatic nitrogens is 3. The monoisotopic (exact) mass is 359 g/mol. The number of nitrogens with one attached hydrogen (secondary N) is 1. The lowest BCUT2D eigenvalue weighted by Gasteiger charge is -2.24. The van der Waals surface area contributed by atoms with Crippen molar-refractivity contribution in [3.05, 3.63) is 77.2 Å². The first-order valence-corrected chi connectivity index (χ1v) is 9.51. The van der Waals surface area contributed by atoms with Gasteiger partial charge in [0.2, 0.25) is 5.95 Å². The molecule has 1 aliphatic rings. The van der Waals surface area contributed by atoms with Crippen LogP contribution in [0, 0.1) is 13.8 Å². The number of rotatable bonds is 5. The van der Waals surface area contributed by atoms with E-state index in [0.717, 1.165) is 42.4 Å². The lowest BCUT2D eigenvalue weighted by atomic mass is 10.1. The molecule has 3 aromatic rings. The van der Waals surface area contributed by atoms with E-state index in [0.29, 0.717) is 12.0 Å². The summed E-state index contributed by atoms with van der Waals surface area (Å²) in [5.74, 6) is 1.40. The molecule has 0 amide bonds. The molecule has 1 atom stereocenters. The van der Waals surface area contributed by atoms with E-state index in [9.17, 15) is 0 Å². The van der Waals surface area contributed by atoms with Crippen LogP contribution in [-0.2, 0) is 6.54 Å². The fourth-order valence-corrected chi connectivity index (χ4v) is 3.77. The van der Waals surface area contributed by atoms with Crippen LogP contribution >= 0.6 is 0 Å². The summed E-state index contributed by atoms with van der Waals surface area (Å²) in [5, 5.41) is 3.26. The smallest absolute Gasteiger partial charge is 0.228 e. The molecular formula is C22H25N5. The molecule has 4 rings (SSSR count). The number of anilines is 2. The molecule has 27 heavy (non-hydrogen) atoms. The van der Waals surface area contributed by atoms with Crippen LogP contribution in [0.4, 0.5) is 11.8 Å². The molecule has 3 heterocycles. The fourth-order valence-electron chi connectivity index (χ4n) is 3.77. The van der Waals surface area contributed by atoms with Crippen molar-refractivity contribution in [2.24, 2.45) is 0 Å². The molecule has 1 aromatic carbocycles. The second kappa shape index (κ2) is 7.84. The molecule has 0 bridgehead atoms. The SMILES string of the molecule is Cc1cc(C)nc(Nc2cccc(C3CCCN3Cc3ccccc3)n2)n1. The highest BCUT2D eigenvalue weighted by atomic mass is 15.2. The van der Waals surface area contributed by atoms with Crippen LogP contribution in [0.5, 0.6) is 0 Å². The summed E-state index contributed by atoms with van der Waals surface area (Å²) >= 11 is 0. The Hall–Kier alpha value is -2.79. The summed E-state index contributed by atoms with van der Waals surface area (Å²) in [6.07, 6.45) is 2.35. The molecule has 1 saturated heterocycles. The van der Waals surface area contributed by atoms with Gasteiger partial charge in [-0.3, -0.25) is 4.90 Å². The molecule has 0 spiro atoms. The predicted molar refractivity (Wildman–Crippen MR) is 108 cm³/mol. The summed E-state index contributed by atoms with van der Waals surface area (Å²) in [7, 11) is 0. The first-order chi connectivity index (χ1) is 13.2. The molecule has 0 radical (unpaired) electrons. The number of benzene rings is 1. The van der Waals surface area contributed by atoms with E-state index < -0.39 is 0 Å². The van der Waals surface area contributed by atoms with E-state index in [2.05, 4.69) is 62.6 Å². The van der Waals surface area contributed by atoms with Crippen LogP contribution in [0.15, 0.2) is 54.6 Å². The highest BCUT2D eigenvalue weighted by Gasteiger charge is 2.27. The molecule has 1 aliphatic heterocycles. The molecule has 138 valence electrons. The van der Waals surface area contributed by atoms with Gasteiger partial charge >= 0.3 is 0 Å². The van der Waals surface area contributed by atoms with Crippen LogP contribution in [0.25, 0.3) is 0 Å². The van der Waals surface area contributed by atoms with E-state index >= 15 is 0 Å². The number of hydrogen-bond acceptors (Lipinski definition) is 5. The molecule has 1 unspecified atom stereocenters. The molecule has 1 N–H and O–H groups in total. The van der Waals surface area contributed by atoms with Crippen molar-refractivity contribution >= 4 is 11.8 Å². The molecule has 5 heteroatoms. The molecule has 0 aliphatic carbocycles. The quantitative estimate of drug-likeness (QED) is 0.723. The third-order valence-corrected chi connectivity index (χ3v) is 4.93. The van der Waals surface area contributed by atoms with Gasteiger partial charge in [-0.2, -0.15) is 0 Å². The summed E-state index contributed by atoms with van der Waals surface area (Å²) in [6, 6.07) is 19.1. The third-order valence-electron chi connectivity index (χ3n) is 4.93. The minimum absolute atomic E-state index is 0.354. The third kappa shape index (κ3) is 4.31. The Morgan fingerprint density at radius 2 is 1.74 bits per heavy atom. The Kier molecular flexibility index (Phi) is 5.12. The Morgan fingerprint density at radius 3 is 2.52 bits per heavy atom. The van der Waals surface area contributed by atoms with Crippen molar-refractivity contribution in [3.63, 3.8) is 0 Å². The molecule has 1 fully saturated rings. The van der Waals surface area contributed by atoms with Crippen LogP contribution < -0.4 is 5.32 Å². The zero-order chi connectivity index (χ0) is 18.6. The van der Waals surface area contributed by atoms with Gasteiger partial charge in [-0.1, -0.05) is 36.4 Å². The zero-order valence-corrected chi connectivity index (χ0v) is 15.9. The Bertz CT molecular complexity index is 889. The zero-order valence-electron chi connectivity index (χ0n) is 15.9. The van der Waals surface area contributed by atoms with Gasteiger partial charge in [-0.15, -0.1) is 0 Å². The van der Waals surface area contributed by atoms with Gasteiger partial charge in [0.15, 0.2) is 0 Å². The average molecular weight is 359 g/mol. The van der Waals surface area contributed by atoms with Gasteiger partial charge in [-0.25, -0.2) is 15.0 Å². The van der Waals surface area contributed by atoms with Crippen LogP contribution in [0.1, 0.15) is 41.5 Å². The second-order valence-electron chi connectivity index (χ2n) is 7.16. The Labute approximate surface area is 160 Å². The van der Waals surface area contributed by atoms with Crippen molar-refractivity contribution in [1.29, 1.82) is 0 Å². The van der Waals surface area contributed by atoms with E-state index in [4.69, 9.17) is 4.98 Å². The minimum Gasteiger partial charge on any atom is -0.309 e. The number of hydrogen-bond donors (Lipinski definition) is 1. The normalized spacial score (nSPS) is 17.2. The fraction of sp³-hybridized carbons (Fsp3) is 0.318. The minimum atomic E-state index is 0.354. The maximum atomic E-state index is 4.87. The molecular weight excluding hydrogens is 334 g/mol. The first kappa shape index (κ1) is 17.6. The van der Waals surface area contributed by atoms with E-state index in [1.807, 2.05) is 26.0 Å².